The van der Waals surface area contributed by atoms with Crippen LogP contribution in [0.1, 0.15) is 32.6 Å². The van der Waals surface area contributed by atoms with Crippen LogP contribution in [0.4, 0.5) is 0 Å². The van der Waals surface area contributed by atoms with Gasteiger partial charge in [-0.25, -0.2) is 0 Å². The Kier molecular flexibility index (Phi) is 6.42. The number of hydrogen-bond donors (Lipinski definition) is 1. The van der Waals surface area contributed by atoms with E-state index in [1.54, 1.807) is 0 Å². The molecule has 94 valence electrons. The minimum absolute atomic E-state index is 0.0301. The molecule has 1 fully saturated rings. The molecule has 0 unspecified atom stereocenters. The van der Waals surface area contributed by atoms with E-state index < -0.39 is 0 Å². The third-order valence-electron chi connectivity index (χ3n) is 3.09. The number of rotatable bonds is 6. The number of ether oxygens (including phenoxy) is 1. The Morgan fingerprint density at radius 3 is 2.62 bits per heavy atom. The largest absolute Gasteiger partial charge is 0.466 e. The molecule has 1 rings (SSSR count). The molecule has 4 nitrogen and oxygen atoms in total. The highest BCUT2D eigenvalue weighted by molar-refractivity contribution is 5.72. The number of aliphatic hydroxyl groups excluding tert-OH is 1. The minimum Gasteiger partial charge on any atom is -0.466 e. The highest BCUT2D eigenvalue weighted by Crippen LogP contribution is 2.18. The van der Waals surface area contributed by atoms with E-state index in [1.165, 1.54) is 0 Å². The normalized spacial score (nSPS) is 18.6. The number of hydrogen-bond acceptors (Lipinski definition) is 4. The molecule has 0 atom stereocenters. The van der Waals surface area contributed by atoms with Gasteiger partial charge in [0, 0.05) is 6.61 Å². The molecule has 4 heteroatoms. The fourth-order valence-electron chi connectivity index (χ4n) is 2.10. The predicted molar refractivity (Wildman–Crippen MR) is 62.1 cm³/mol. The Morgan fingerprint density at radius 2 is 2.06 bits per heavy atom. The second kappa shape index (κ2) is 7.63. The van der Waals surface area contributed by atoms with Crippen molar-refractivity contribution in [2.75, 3.05) is 32.8 Å². The Bertz CT molecular complexity index is 200. The van der Waals surface area contributed by atoms with Crippen LogP contribution in [0.2, 0.25) is 0 Å². The average Bonchev–Trinajstić information content (AvgIpc) is 2.30. The van der Waals surface area contributed by atoms with E-state index in [4.69, 9.17) is 9.84 Å². The molecule has 1 aliphatic heterocycles. The van der Waals surface area contributed by atoms with E-state index in [2.05, 4.69) is 4.90 Å². The quantitative estimate of drug-likeness (QED) is 0.546. The second-order valence-electron chi connectivity index (χ2n) is 4.30. The van der Waals surface area contributed by atoms with Crippen molar-refractivity contribution in [1.82, 2.24) is 4.90 Å². The molecule has 1 saturated heterocycles. The predicted octanol–water partition coefficient (Wildman–Crippen LogP) is 1.03. The first-order chi connectivity index (χ1) is 7.77. The van der Waals surface area contributed by atoms with Crippen molar-refractivity contribution in [3.8, 4) is 0 Å². The number of unbranched alkanes of at least 4 members (excludes halogenated alkanes) is 1. The lowest BCUT2D eigenvalue weighted by Crippen LogP contribution is -2.37. The molecule has 0 aromatic rings. The maximum atomic E-state index is 11.5. The SMILES string of the molecule is CCOC(=O)C1CCN(CCCCO)CC1. The summed E-state index contributed by atoms with van der Waals surface area (Å²) in [5, 5.41) is 8.69. The monoisotopic (exact) mass is 229 g/mol. The minimum atomic E-state index is -0.0301. The molecule has 1 N–H and O–H groups in total. The van der Waals surface area contributed by atoms with Gasteiger partial charge in [0.25, 0.3) is 0 Å². The Morgan fingerprint density at radius 1 is 1.38 bits per heavy atom. The van der Waals surface area contributed by atoms with Crippen LogP contribution in [0, 0.1) is 5.92 Å². The van der Waals surface area contributed by atoms with E-state index >= 15 is 0 Å². The lowest BCUT2D eigenvalue weighted by Gasteiger charge is -2.30. The van der Waals surface area contributed by atoms with Gasteiger partial charge in [-0.05, 0) is 52.2 Å². The van der Waals surface area contributed by atoms with E-state index in [0.717, 1.165) is 45.3 Å². The van der Waals surface area contributed by atoms with Crippen molar-refractivity contribution in [2.24, 2.45) is 5.92 Å². The first-order valence-corrected chi connectivity index (χ1v) is 6.27. The third-order valence-corrected chi connectivity index (χ3v) is 3.09. The number of carbonyl (C=O) groups excluding carboxylic acids is 1. The van der Waals surface area contributed by atoms with Gasteiger partial charge in [0.2, 0.25) is 0 Å². The summed E-state index contributed by atoms with van der Waals surface area (Å²) in [5.41, 5.74) is 0. The van der Waals surface area contributed by atoms with Gasteiger partial charge in [-0.15, -0.1) is 0 Å². The fourth-order valence-corrected chi connectivity index (χ4v) is 2.10. The van der Waals surface area contributed by atoms with E-state index in [1.807, 2.05) is 6.92 Å². The molecular formula is C12H23NO3. The van der Waals surface area contributed by atoms with Crippen LogP contribution in [0.3, 0.4) is 0 Å². The Labute approximate surface area is 97.6 Å². The Hall–Kier alpha value is -0.610. The van der Waals surface area contributed by atoms with Crippen LogP contribution >= 0.6 is 0 Å². The number of nitrogens with zero attached hydrogens (tertiary/aromatic N) is 1. The van der Waals surface area contributed by atoms with E-state index in [0.29, 0.717) is 6.61 Å². The zero-order chi connectivity index (χ0) is 11.8. The molecule has 0 aromatic carbocycles. The van der Waals surface area contributed by atoms with E-state index in [9.17, 15) is 4.79 Å². The standard InChI is InChI=1S/C12H23NO3/c1-2-16-12(15)11-5-8-13(9-6-11)7-3-4-10-14/h11,14H,2-10H2,1H3. The van der Waals surface area contributed by atoms with Crippen LogP contribution in [0.25, 0.3) is 0 Å². The average molecular weight is 229 g/mol. The summed E-state index contributed by atoms with van der Waals surface area (Å²) in [6.45, 7) is 5.61. The number of esters is 1. The van der Waals surface area contributed by atoms with E-state index in [-0.39, 0.29) is 18.5 Å². The maximum absolute atomic E-state index is 11.5. The first-order valence-electron chi connectivity index (χ1n) is 6.27. The molecule has 0 saturated carbocycles. The molecule has 1 heterocycles. The summed E-state index contributed by atoms with van der Waals surface area (Å²) >= 11 is 0. The molecule has 16 heavy (non-hydrogen) atoms. The van der Waals surface area contributed by atoms with Gasteiger partial charge in [-0.3, -0.25) is 4.79 Å². The first kappa shape index (κ1) is 13.5. The summed E-state index contributed by atoms with van der Waals surface area (Å²) in [6, 6.07) is 0. The lowest BCUT2D eigenvalue weighted by molar-refractivity contribution is -0.149. The van der Waals surface area contributed by atoms with Gasteiger partial charge in [0.1, 0.15) is 0 Å². The van der Waals surface area contributed by atoms with Crippen LogP contribution in [0.15, 0.2) is 0 Å². The number of aliphatic hydroxyl groups is 1. The van der Waals surface area contributed by atoms with Crippen LogP contribution in [-0.4, -0.2) is 48.8 Å². The number of carbonyl (C=O) groups is 1. The summed E-state index contributed by atoms with van der Waals surface area (Å²) in [5.74, 6) is 0.0755. The second-order valence-corrected chi connectivity index (χ2v) is 4.30. The van der Waals surface area contributed by atoms with Crippen LogP contribution in [-0.2, 0) is 9.53 Å². The van der Waals surface area contributed by atoms with Gasteiger partial charge < -0.3 is 14.7 Å². The van der Waals surface area contributed by atoms with Crippen LogP contribution < -0.4 is 0 Å². The van der Waals surface area contributed by atoms with Gasteiger partial charge >= 0.3 is 5.97 Å². The highest BCUT2D eigenvalue weighted by Gasteiger charge is 2.25. The van der Waals surface area contributed by atoms with Gasteiger partial charge in [0.15, 0.2) is 0 Å². The summed E-state index contributed by atoms with van der Waals surface area (Å²) in [7, 11) is 0. The summed E-state index contributed by atoms with van der Waals surface area (Å²) in [6.07, 6.45) is 3.74. The number of likely N-dealkylation sites (tertiary alicyclic amines) is 1. The van der Waals surface area contributed by atoms with Gasteiger partial charge in [-0.2, -0.15) is 0 Å². The fraction of sp³-hybridized carbons (Fsp3) is 0.917. The molecule has 0 spiro atoms. The smallest absolute Gasteiger partial charge is 0.309 e. The molecule has 0 radical (unpaired) electrons. The van der Waals surface area contributed by atoms with Crippen molar-refractivity contribution in [1.29, 1.82) is 0 Å². The van der Waals surface area contributed by atoms with Crippen molar-refractivity contribution in [2.45, 2.75) is 32.6 Å². The van der Waals surface area contributed by atoms with Crippen molar-refractivity contribution >= 4 is 5.97 Å². The van der Waals surface area contributed by atoms with Crippen LogP contribution in [0.5, 0.6) is 0 Å². The molecule has 0 aromatic heterocycles. The highest BCUT2D eigenvalue weighted by atomic mass is 16.5. The molecule has 1 aliphatic rings. The zero-order valence-electron chi connectivity index (χ0n) is 10.2. The summed E-state index contributed by atoms with van der Waals surface area (Å²) < 4.78 is 5.02. The van der Waals surface area contributed by atoms with Gasteiger partial charge in [-0.1, -0.05) is 0 Å². The maximum Gasteiger partial charge on any atom is 0.309 e. The molecular weight excluding hydrogens is 206 g/mol. The number of piperidine rings is 1. The van der Waals surface area contributed by atoms with Crippen molar-refractivity contribution in [3.63, 3.8) is 0 Å². The van der Waals surface area contributed by atoms with Gasteiger partial charge in [0.05, 0.1) is 12.5 Å². The van der Waals surface area contributed by atoms with Crippen molar-refractivity contribution in [3.05, 3.63) is 0 Å². The molecule has 0 aliphatic carbocycles. The molecule has 0 bridgehead atoms. The topological polar surface area (TPSA) is 49.8 Å². The summed E-state index contributed by atoms with van der Waals surface area (Å²) in [4.78, 5) is 13.9. The third kappa shape index (κ3) is 4.49. The Balaban J connectivity index is 2.15. The van der Waals surface area contributed by atoms with Crippen molar-refractivity contribution < 1.29 is 14.6 Å². The molecule has 0 amide bonds. The lowest BCUT2D eigenvalue weighted by atomic mass is 9.97. The zero-order valence-corrected chi connectivity index (χ0v) is 10.2.